The molecule has 0 aliphatic carbocycles. The zero-order valence-electron chi connectivity index (χ0n) is 10.2. The lowest BCUT2D eigenvalue weighted by Crippen LogP contribution is -2.18. The minimum atomic E-state index is 0.00210. The molecule has 5 nitrogen and oxygen atoms in total. The number of nitrogens with two attached hydrogens (primary N) is 1. The van der Waals surface area contributed by atoms with Crippen LogP contribution in [0.1, 0.15) is 12.7 Å². The van der Waals surface area contributed by atoms with Crippen LogP contribution in [-0.4, -0.2) is 23.3 Å². The summed E-state index contributed by atoms with van der Waals surface area (Å²) in [6.45, 7) is 1.90. The molecule has 2 aromatic rings. The summed E-state index contributed by atoms with van der Waals surface area (Å²) in [7, 11) is 1.60. The van der Waals surface area contributed by atoms with Crippen LogP contribution < -0.4 is 10.5 Å². The van der Waals surface area contributed by atoms with E-state index in [2.05, 4.69) is 26.1 Å². The van der Waals surface area contributed by atoms with E-state index in [9.17, 15) is 0 Å². The van der Waals surface area contributed by atoms with Crippen molar-refractivity contribution in [1.29, 1.82) is 0 Å². The third kappa shape index (κ3) is 2.88. The van der Waals surface area contributed by atoms with E-state index in [1.807, 2.05) is 25.1 Å². The van der Waals surface area contributed by atoms with Gasteiger partial charge in [-0.05, 0) is 25.1 Å². The van der Waals surface area contributed by atoms with E-state index in [-0.39, 0.29) is 6.04 Å². The molecular weight excluding hydrogens is 298 g/mol. The Hall–Kier alpha value is -1.40. The van der Waals surface area contributed by atoms with Gasteiger partial charge in [0, 0.05) is 16.9 Å². The van der Waals surface area contributed by atoms with Crippen LogP contribution in [0.3, 0.4) is 0 Å². The summed E-state index contributed by atoms with van der Waals surface area (Å²) < 4.78 is 11.4. The summed E-state index contributed by atoms with van der Waals surface area (Å²) in [4.78, 5) is 4.31. The standard InChI is InChI=1S/C12H14BrN3O2/c1-7(14)5-11-15-12(18-16-11)9-4-3-8(13)6-10(9)17-2/h3-4,6-7H,5,14H2,1-2H3. The Kier molecular flexibility index (Phi) is 3.98. The van der Waals surface area contributed by atoms with Crippen molar-refractivity contribution in [2.75, 3.05) is 7.11 Å². The lowest BCUT2D eigenvalue weighted by molar-refractivity contribution is 0.402. The van der Waals surface area contributed by atoms with E-state index < -0.39 is 0 Å². The molecule has 2 N–H and O–H groups in total. The zero-order valence-corrected chi connectivity index (χ0v) is 11.8. The molecule has 1 unspecified atom stereocenters. The smallest absolute Gasteiger partial charge is 0.261 e. The van der Waals surface area contributed by atoms with Gasteiger partial charge in [0.15, 0.2) is 5.82 Å². The fraction of sp³-hybridized carbons (Fsp3) is 0.333. The molecule has 18 heavy (non-hydrogen) atoms. The molecule has 0 saturated carbocycles. The highest BCUT2D eigenvalue weighted by molar-refractivity contribution is 9.10. The first-order valence-corrected chi connectivity index (χ1v) is 6.31. The van der Waals surface area contributed by atoms with E-state index in [1.165, 1.54) is 0 Å². The van der Waals surface area contributed by atoms with E-state index in [1.54, 1.807) is 7.11 Å². The molecule has 0 fully saturated rings. The zero-order chi connectivity index (χ0) is 13.1. The van der Waals surface area contributed by atoms with E-state index in [4.69, 9.17) is 15.0 Å². The Morgan fingerprint density at radius 2 is 2.28 bits per heavy atom. The van der Waals surface area contributed by atoms with Gasteiger partial charge in [-0.25, -0.2) is 0 Å². The highest BCUT2D eigenvalue weighted by atomic mass is 79.9. The van der Waals surface area contributed by atoms with Crippen LogP contribution in [0, 0.1) is 0 Å². The van der Waals surface area contributed by atoms with Crippen molar-refractivity contribution in [3.63, 3.8) is 0 Å². The van der Waals surface area contributed by atoms with Crippen molar-refractivity contribution in [2.45, 2.75) is 19.4 Å². The molecule has 0 aliphatic heterocycles. The largest absolute Gasteiger partial charge is 0.496 e. The first-order valence-electron chi connectivity index (χ1n) is 5.52. The molecule has 6 heteroatoms. The second-order valence-electron chi connectivity index (χ2n) is 4.04. The predicted octanol–water partition coefficient (Wildman–Crippen LogP) is 2.40. The number of nitrogens with zero attached hydrogens (tertiary/aromatic N) is 2. The van der Waals surface area contributed by atoms with Gasteiger partial charge < -0.3 is 15.0 Å². The first kappa shape index (κ1) is 13.0. The van der Waals surface area contributed by atoms with Crippen LogP contribution in [0.4, 0.5) is 0 Å². The Balaban J connectivity index is 2.33. The third-order valence-corrected chi connectivity index (χ3v) is 2.86. The molecule has 1 atom stereocenters. The molecule has 1 aromatic carbocycles. The molecule has 0 bridgehead atoms. The van der Waals surface area contributed by atoms with E-state index >= 15 is 0 Å². The van der Waals surface area contributed by atoms with Crippen molar-refractivity contribution >= 4 is 15.9 Å². The summed E-state index contributed by atoms with van der Waals surface area (Å²) in [6.07, 6.45) is 0.586. The number of benzene rings is 1. The molecule has 96 valence electrons. The van der Waals surface area contributed by atoms with Crippen molar-refractivity contribution in [3.8, 4) is 17.2 Å². The SMILES string of the molecule is COc1cc(Br)ccc1-c1nc(CC(C)N)no1. The minimum absolute atomic E-state index is 0.00210. The predicted molar refractivity (Wildman–Crippen MR) is 71.3 cm³/mol. The van der Waals surface area contributed by atoms with Crippen LogP contribution >= 0.6 is 15.9 Å². The Morgan fingerprint density at radius 1 is 1.50 bits per heavy atom. The van der Waals surface area contributed by atoms with Crippen molar-refractivity contribution in [2.24, 2.45) is 5.73 Å². The molecule has 0 saturated heterocycles. The van der Waals surface area contributed by atoms with Gasteiger partial charge in [0.2, 0.25) is 0 Å². The molecule has 1 aromatic heterocycles. The summed E-state index contributed by atoms with van der Waals surface area (Å²) in [6, 6.07) is 5.62. The van der Waals surface area contributed by atoms with Crippen LogP contribution in [0.15, 0.2) is 27.2 Å². The maximum absolute atomic E-state index is 5.70. The van der Waals surface area contributed by atoms with Crippen molar-refractivity contribution < 1.29 is 9.26 Å². The number of hydrogen-bond donors (Lipinski definition) is 1. The Bertz CT molecular complexity index is 540. The lowest BCUT2D eigenvalue weighted by Gasteiger charge is -2.04. The third-order valence-electron chi connectivity index (χ3n) is 2.37. The van der Waals surface area contributed by atoms with Crippen LogP contribution in [0.5, 0.6) is 5.75 Å². The lowest BCUT2D eigenvalue weighted by atomic mass is 10.2. The summed E-state index contributed by atoms with van der Waals surface area (Å²) >= 11 is 3.38. The fourth-order valence-corrected chi connectivity index (χ4v) is 1.92. The van der Waals surface area contributed by atoms with Gasteiger partial charge in [-0.15, -0.1) is 0 Å². The minimum Gasteiger partial charge on any atom is -0.496 e. The van der Waals surface area contributed by atoms with Crippen molar-refractivity contribution in [1.82, 2.24) is 10.1 Å². The number of halogens is 1. The van der Waals surface area contributed by atoms with E-state index in [0.717, 1.165) is 10.0 Å². The maximum Gasteiger partial charge on any atom is 0.261 e. The normalized spacial score (nSPS) is 12.4. The Labute approximate surface area is 113 Å². The van der Waals surface area contributed by atoms with Crippen LogP contribution in [-0.2, 0) is 6.42 Å². The molecule has 0 amide bonds. The topological polar surface area (TPSA) is 74.2 Å². The second-order valence-corrected chi connectivity index (χ2v) is 4.96. The van der Waals surface area contributed by atoms with Crippen LogP contribution in [0.2, 0.25) is 0 Å². The van der Waals surface area contributed by atoms with Gasteiger partial charge in [0.05, 0.1) is 12.7 Å². The second kappa shape index (κ2) is 5.49. The van der Waals surface area contributed by atoms with E-state index in [0.29, 0.717) is 23.9 Å². The summed E-state index contributed by atoms with van der Waals surface area (Å²) in [5.41, 5.74) is 6.46. The number of rotatable bonds is 4. The number of ether oxygens (including phenoxy) is 1. The Morgan fingerprint density at radius 3 is 2.94 bits per heavy atom. The molecule has 0 aliphatic rings. The van der Waals surface area contributed by atoms with Crippen molar-refractivity contribution in [3.05, 3.63) is 28.5 Å². The average molecular weight is 312 g/mol. The van der Waals surface area contributed by atoms with Gasteiger partial charge >= 0.3 is 0 Å². The van der Waals surface area contributed by atoms with Gasteiger partial charge in [0.25, 0.3) is 5.89 Å². The number of aromatic nitrogens is 2. The highest BCUT2D eigenvalue weighted by Crippen LogP contribution is 2.31. The van der Waals surface area contributed by atoms with Gasteiger partial charge in [-0.2, -0.15) is 4.98 Å². The fourth-order valence-electron chi connectivity index (χ4n) is 1.58. The maximum atomic E-state index is 5.70. The monoisotopic (exact) mass is 311 g/mol. The molecule has 0 spiro atoms. The van der Waals surface area contributed by atoms with Gasteiger partial charge in [0.1, 0.15) is 5.75 Å². The number of methoxy groups -OCH3 is 1. The van der Waals surface area contributed by atoms with Gasteiger partial charge in [-0.3, -0.25) is 0 Å². The quantitative estimate of drug-likeness (QED) is 0.938. The first-order chi connectivity index (χ1) is 8.60. The summed E-state index contributed by atoms with van der Waals surface area (Å²) in [5.74, 6) is 1.72. The highest BCUT2D eigenvalue weighted by Gasteiger charge is 2.14. The molecule has 1 heterocycles. The molecule has 0 radical (unpaired) electrons. The number of hydrogen-bond acceptors (Lipinski definition) is 5. The molecule has 2 rings (SSSR count). The molecular formula is C12H14BrN3O2. The average Bonchev–Trinajstić information content (AvgIpc) is 2.76. The van der Waals surface area contributed by atoms with Gasteiger partial charge in [-0.1, -0.05) is 21.1 Å². The summed E-state index contributed by atoms with van der Waals surface area (Å²) in [5, 5.41) is 3.90. The van der Waals surface area contributed by atoms with Crippen LogP contribution in [0.25, 0.3) is 11.5 Å².